The minimum Gasteiger partial charge on any atom is -0.466 e. The first-order chi connectivity index (χ1) is 5.29. The van der Waals surface area contributed by atoms with Gasteiger partial charge in [0, 0.05) is 10.9 Å². The molecular formula is C8H11BrO2. The molecule has 0 amide bonds. The predicted octanol–water partition coefficient (Wildman–Crippen LogP) is 2.03. The average molecular weight is 219 g/mol. The highest BCUT2D eigenvalue weighted by Crippen LogP contribution is 2.27. The monoisotopic (exact) mass is 218 g/mol. The van der Waals surface area contributed by atoms with Crippen LogP contribution in [0, 0.1) is 0 Å². The van der Waals surface area contributed by atoms with Crippen molar-refractivity contribution in [2.75, 3.05) is 12.4 Å². The third kappa shape index (κ3) is 1.83. The van der Waals surface area contributed by atoms with Crippen LogP contribution in [-0.2, 0) is 9.53 Å². The Kier molecular flexibility index (Phi) is 3.12. The second kappa shape index (κ2) is 3.90. The van der Waals surface area contributed by atoms with E-state index in [1.807, 2.05) is 0 Å². The molecule has 62 valence electrons. The van der Waals surface area contributed by atoms with E-state index in [9.17, 15) is 4.79 Å². The zero-order chi connectivity index (χ0) is 8.27. The summed E-state index contributed by atoms with van der Waals surface area (Å²) in [4.78, 5) is 11.1. The van der Waals surface area contributed by atoms with Crippen molar-refractivity contribution < 1.29 is 9.53 Å². The van der Waals surface area contributed by atoms with Gasteiger partial charge < -0.3 is 4.74 Å². The van der Waals surface area contributed by atoms with Crippen LogP contribution in [0.3, 0.4) is 0 Å². The molecule has 3 heteroatoms. The molecule has 0 unspecified atom stereocenters. The van der Waals surface area contributed by atoms with Gasteiger partial charge in [0.15, 0.2) is 0 Å². The molecule has 0 aromatic rings. The lowest BCUT2D eigenvalue weighted by atomic mass is 10.2. The Morgan fingerprint density at radius 3 is 2.91 bits per heavy atom. The first-order valence-electron chi connectivity index (χ1n) is 3.64. The molecule has 1 rings (SSSR count). The number of hydrogen-bond donors (Lipinski definition) is 0. The highest BCUT2D eigenvalue weighted by atomic mass is 79.9. The summed E-state index contributed by atoms with van der Waals surface area (Å²) >= 11 is 3.35. The number of hydrogen-bond acceptors (Lipinski definition) is 2. The third-order valence-corrected chi connectivity index (χ3v) is 2.60. The van der Waals surface area contributed by atoms with E-state index >= 15 is 0 Å². The Bertz CT molecular complexity index is 196. The number of esters is 1. The fraction of sp³-hybridized carbons (Fsp3) is 0.625. The molecule has 0 spiro atoms. The van der Waals surface area contributed by atoms with Crippen LogP contribution >= 0.6 is 15.9 Å². The number of carbonyl (C=O) groups excluding carboxylic acids is 1. The maximum absolute atomic E-state index is 11.1. The Labute approximate surface area is 74.7 Å². The first kappa shape index (κ1) is 8.78. The van der Waals surface area contributed by atoms with E-state index < -0.39 is 0 Å². The first-order valence-corrected chi connectivity index (χ1v) is 4.77. The zero-order valence-corrected chi connectivity index (χ0v) is 8.11. The van der Waals surface area contributed by atoms with Gasteiger partial charge in [-0.05, 0) is 24.8 Å². The van der Waals surface area contributed by atoms with Crippen molar-refractivity contribution in [1.29, 1.82) is 0 Å². The van der Waals surface area contributed by atoms with Crippen molar-refractivity contribution in [3.05, 3.63) is 11.1 Å². The van der Waals surface area contributed by atoms with Gasteiger partial charge >= 0.3 is 5.97 Å². The Balaban J connectivity index is 2.74. The maximum Gasteiger partial charge on any atom is 0.333 e. The molecule has 0 bridgehead atoms. The quantitative estimate of drug-likeness (QED) is 0.524. The molecule has 0 fully saturated rings. The number of halogens is 1. The summed E-state index contributed by atoms with van der Waals surface area (Å²) in [6.07, 6.45) is 3.01. The van der Waals surface area contributed by atoms with Crippen LogP contribution in [0.4, 0.5) is 0 Å². The van der Waals surface area contributed by atoms with E-state index in [-0.39, 0.29) is 5.97 Å². The summed E-state index contributed by atoms with van der Waals surface area (Å²) in [5.41, 5.74) is 2.08. The summed E-state index contributed by atoms with van der Waals surface area (Å²) in [5, 5.41) is 0.803. The van der Waals surface area contributed by atoms with E-state index in [4.69, 9.17) is 0 Å². The number of ether oxygens (including phenoxy) is 1. The lowest BCUT2D eigenvalue weighted by Gasteiger charge is -2.00. The van der Waals surface area contributed by atoms with Gasteiger partial charge in [-0.15, -0.1) is 0 Å². The SMILES string of the molecule is COC(=O)C1=C(CBr)CCC1. The van der Waals surface area contributed by atoms with E-state index in [2.05, 4.69) is 20.7 Å². The van der Waals surface area contributed by atoms with Gasteiger partial charge in [0.05, 0.1) is 7.11 Å². The Morgan fingerprint density at radius 2 is 2.36 bits per heavy atom. The van der Waals surface area contributed by atoms with Crippen molar-refractivity contribution in [1.82, 2.24) is 0 Å². The van der Waals surface area contributed by atoms with Gasteiger partial charge in [-0.2, -0.15) is 0 Å². The normalized spacial score (nSPS) is 17.3. The molecule has 0 saturated carbocycles. The summed E-state index contributed by atoms with van der Waals surface area (Å²) in [6.45, 7) is 0. The highest BCUT2D eigenvalue weighted by molar-refractivity contribution is 9.09. The fourth-order valence-electron chi connectivity index (χ4n) is 1.32. The van der Waals surface area contributed by atoms with E-state index in [1.54, 1.807) is 0 Å². The highest BCUT2D eigenvalue weighted by Gasteiger charge is 2.19. The van der Waals surface area contributed by atoms with E-state index in [0.29, 0.717) is 0 Å². The Hall–Kier alpha value is -0.310. The summed E-state index contributed by atoms with van der Waals surface area (Å²) < 4.78 is 4.65. The minimum atomic E-state index is -0.156. The van der Waals surface area contributed by atoms with Crippen molar-refractivity contribution in [3.8, 4) is 0 Å². The maximum atomic E-state index is 11.1. The molecule has 11 heavy (non-hydrogen) atoms. The number of allylic oxidation sites excluding steroid dienone is 1. The van der Waals surface area contributed by atoms with Crippen LogP contribution < -0.4 is 0 Å². The molecule has 0 heterocycles. The number of alkyl halides is 1. The van der Waals surface area contributed by atoms with Gasteiger partial charge in [-0.3, -0.25) is 0 Å². The second-order valence-electron chi connectivity index (χ2n) is 2.56. The van der Waals surface area contributed by atoms with Crippen LogP contribution in [-0.4, -0.2) is 18.4 Å². The van der Waals surface area contributed by atoms with Gasteiger partial charge in [0.1, 0.15) is 0 Å². The molecule has 2 nitrogen and oxygen atoms in total. The number of carbonyl (C=O) groups is 1. The van der Waals surface area contributed by atoms with Gasteiger partial charge in [0.2, 0.25) is 0 Å². The molecule has 0 radical (unpaired) electrons. The number of rotatable bonds is 2. The minimum absolute atomic E-state index is 0.156. The van der Waals surface area contributed by atoms with Crippen molar-refractivity contribution >= 4 is 21.9 Å². The van der Waals surface area contributed by atoms with Crippen LogP contribution in [0.1, 0.15) is 19.3 Å². The molecule has 0 aromatic heterocycles. The third-order valence-electron chi connectivity index (χ3n) is 1.93. The van der Waals surface area contributed by atoms with E-state index in [0.717, 1.165) is 30.2 Å². The fourth-order valence-corrected chi connectivity index (χ4v) is 1.94. The molecule has 0 atom stereocenters. The topological polar surface area (TPSA) is 26.3 Å². The summed E-state index contributed by atoms with van der Waals surface area (Å²) in [5.74, 6) is -0.156. The van der Waals surface area contributed by atoms with Crippen molar-refractivity contribution in [2.45, 2.75) is 19.3 Å². The van der Waals surface area contributed by atoms with Crippen molar-refractivity contribution in [2.24, 2.45) is 0 Å². The zero-order valence-electron chi connectivity index (χ0n) is 6.52. The van der Waals surface area contributed by atoms with E-state index in [1.165, 1.54) is 12.7 Å². The van der Waals surface area contributed by atoms with Crippen LogP contribution in [0.25, 0.3) is 0 Å². The molecule has 0 aromatic carbocycles. The lowest BCUT2D eigenvalue weighted by Crippen LogP contribution is -2.04. The standard InChI is InChI=1S/C8H11BrO2/c1-11-8(10)7-4-2-3-6(7)5-9/h2-5H2,1H3. The van der Waals surface area contributed by atoms with Crippen LogP contribution in [0.15, 0.2) is 11.1 Å². The van der Waals surface area contributed by atoms with Gasteiger partial charge in [-0.1, -0.05) is 15.9 Å². The van der Waals surface area contributed by atoms with Crippen molar-refractivity contribution in [3.63, 3.8) is 0 Å². The average Bonchev–Trinajstić information content (AvgIpc) is 2.50. The predicted molar refractivity (Wildman–Crippen MR) is 46.7 cm³/mol. The summed E-state index contributed by atoms with van der Waals surface area (Å²) in [7, 11) is 1.43. The number of methoxy groups -OCH3 is 1. The molecular weight excluding hydrogens is 208 g/mol. The molecule has 1 aliphatic rings. The van der Waals surface area contributed by atoms with Gasteiger partial charge in [0.25, 0.3) is 0 Å². The molecule has 0 N–H and O–H groups in total. The van der Waals surface area contributed by atoms with Gasteiger partial charge in [-0.25, -0.2) is 4.79 Å². The second-order valence-corrected chi connectivity index (χ2v) is 3.12. The lowest BCUT2D eigenvalue weighted by molar-refractivity contribution is -0.136. The molecule has 1 aliphatic carbocycles. The largest absolute Gasteiger partial charge is 0.466 e. The van der Waals surface area contributed by atoms with Crippen LogP contribution in [0.5, 0.6) is 0 Å². The summed E-state index contributed by atoms with van der Waals surface area (Å²) in [6, 6.07) is 0. The molecule has 0 aliphatic heterocycles. The van der Waals surface area contributed by atoms with Crippen LogP contribution in [0.2, 0.25) is 0 Å². The Morgan fingerprint density at radius 1 is 1.64 bits per heavy atom. The smallest absolute Gasteiger partial charge is 0.333 e. The molecule has 0 saturated heterocycles.